The van der Waals surface area contributed by atoms with Gasteiger partial charge >= 0.3 is 0 Å². The Labute approximate surface area is 98.9 Å². The average molecular weight is 236 g/mol. The van der Waals surface area contributed by atoms with E-state index in [4.69, 9.17) is 5.26 Å². The molecule has 1 N–H and O–H groups in total. The number of hydrogen-bond donors (Lipinski definition) is 1. The maximum Gasteiger partial charge on any atom is 0.260 e. The minimum atomic E-state index is -0.772. The van der Waals surface area contributed by atoms with Crippen LogP contribution in [0.4, 0.5) is 4.39 Å². The van der Waals surface area contributed by atoms with Gasteiger partial charge in [0.2, 0.25) is 0 Å². The lowest BCUT2D eigenvalue weighted by molar-refractivity contribution is 0.0738. The molecule has 1 amide bonds. The fourth-order valence-electron chi connectivity index (χ4n) is 1.37. The van der Waals surface area contributed by atoms with Gasteiger partial charge in [-0.05, 0) is 19.1 Å². The average Bonchev–Trinajstić information content (AvgIpc) is 2.27. The van der Waals surface area contributed by atoms with Crippen LogP contribution in [0, 0.1) is 17.1 Å². The molecule has 4 nitrogen and oxygen atoms in total. The lowest BCUT2D eigenvalue weighted by Gasteiger charge is -2.23. The molecule has 0 aliphatic rings. The van der Waals surface area contributed by atoms with Crippen LogP contribution in [0.2, 0.25) is 0 Å². The number of aromatic hydroxyl groups is 1. The molecule has 0 aromatic heterocycles. The summed E-state index contributed by atoms with van der Waals surface area (Å²) in [4.78, 5) is 13.2. The Hall–Kier alpha value is -2.09. The number of phenolic OH excluding ortho intramolecular Hbond substituents is 1. The zero-order valence-electron chi connectivity index (χ0n) is 9.64. The molecule has 0 bridgehead atoms. The molecule has 0 saturated carbocycles. The van der Waals surface area contributed by atoms with Crippen molar-refractivity contribution in [1.82, 2.24) is 4.90 Å². The highest BCUT2D eigenvalue weighted by molar-refractivity contribution is 5.97. The quantitative estimate of drug-likeness (QED) is 0.871. The molecular formula is C12H13FN2O2. The summed E-state index contributed by atoms with van der Waals surface area (Å²) >= 11 is 0. The molecule has 0 aliphatic heterocycles. The van der Waals surface area contributed by atoms with E-state index in [-0.39, 0.29) is 18.0 Å². The third kappa shape index (κ3) is 2.72. The Morgan fingerprint density at radius 3 is 2.82 bits per heavy atom. The molecule has 1 atom stereocenters. The van der Waals surface area contributed by atoms with Crippen LogP contribution in [0.3, 0.4) is 0 Å². The second kappa shape index (κ2) is 5.30. The smallest absolute Gasteiger partial charge is 0.260 e. The third-order valence-electron chi connectivity index (χ3n) is 2.57. The number of benzene rings is 1. The van der Waals surface area contributed by atoms with Gasteiger partial charge < -0.3 is 10.0 Å². The van der Waals surface area contributed by atoms with E-state index in [0.29, 0.717) is 0 Å². The van der Waals surface area contributed by atoms with E-state index in [1.165, 1.54) is 24.1 Å². The lowest BCUT2D eigenvalue weighted by atomic mass is 10.1. The van der Waals surface area contributed by atoms with Crippen LogP contribution in [0.15, 0.2) is 18.2 Å². The van der Waals surface area contributed by atoms with Gasteiger partial charge in [0.1, 0.15) is 17.1 Å². The van der Waals surface area contributed by atoms with Crippen LogP contribution in [0.25, 0.3) is 0 Å². The van der Waals surface area contributed by atoms with Crippen molar-refractivity contribution in [3.63, 3.8) is 0 Å². The summed E-state index contributed by atoms with van der Waals surface area (Å²) < 4.78 is 13.4. The van der Waals surface area contributed by atoms with Crippen molar-refractivity contribution in [3.8, 4) is 11.8 Å². The molecule has 1 rings (SSSR count). The molecule has 0 aliphatic carbocycles. The highest BCUT2D eigenvalue weighted by Gasteiger charge is 2.23. The van der Waals surface area contributed by atoms with Gasteiger partial charge in [0, 0.05) is 13.1 Å². The summed E-state index contributed by atoms with van der Waals surface area (Å²) in [5, 5.41) is 18.0. The standard InChI is InChI=1S/C12H13FN2O2/c1-8(6-7-14)15(2)12(17)11-9(13)4-3-5-10(11)16/h3-5,8,16H,6H2,1-2H3. The molecule has 0 heterocycles. The Morgan fingerprint density at radius 2 is 2.29 bits per heavy atom. The molecule has 0 saturated heterocycles. The third-order valence-corrected chi connectivity index (χ3v) is 2.57. The van der Waals surface area contributed by atoms with Gasteiger partial charge in [-0.15, -0.1) is 0 Å². The summed E-state index contributed by atoms with van der Waals surface area (Å²) in [6.07, 6.45) is 0.150. The van der Waals surface area contributed by atoms with Crippen LogP contribution < -0.4 is 0 Å². The monoisotopic (exact) mass is 236 g/mol. The first-order chi connectivity index (χ1) is 7.99. The van der Waals surface area contributed by atoms with Gasteiger partial charge in [0.25, 0.3) is 5.91 Å². The van der Waals surface area contributed by atoms with E-state index in [9.17, 15) is 14.3 Å². The maximum absolute atomic E-state index is 13.4. The van der Waals surface area contributed by atoms with Gasteiger partial charge in [-0.1, -0.05) is 6.07 Å². The van der Waals surface area contributed by atoms with E-state index >= 15 is 0 Å². The van der Waals surface area contributed by atoms with Gasteiger partial charge in [-0.2, -0.15) is 5.26 Å². The highest BCUT2D eigenvalue weighted by atomic mass is 19.1. The van der Waals surface area contributed by atoms with Crippen molar-refractivity contribution in [2.75, 3.05) is 7.05 Å². The second-order valence-electron chi connectivity index (χ2n) is 3.76. The predicted octanol–water partition coefficient (Wildman–Crippen LogP) is 1.91. The van der Waals surface area contributed by atoms with E-state index in [0.717, 1.165) is 6.07 Å². The number of carbonyl (C=O) groups is 1. The molecule has 1 unspecified atom stereocenters. The van der Waals surface area contributed by atoms with E-state index in [1.54, 1.807) is 6.92 Å². The summed E-state index contributed by atoms with van der Waals surface area (Å²) in [7, 11) is 1.47. The molecule has 0 spiro atoms. The number of hydrogen-bond acceptors (Lipinski definition) is 3. The van der Waals surface area contributed by atoms with Crippen molar-refractivity contribution in [2.24, 2.45) is 0 Å². The zero-order chi connectivity index (χ0) is 13.0. The number of rotatable bonds is 3. The van der Waals surface area contributed by atoms with Crippen LogP contribution in [-0.2, 0) is 0 Å². The van der Waals surface area contributed by atoms with Crippen molar-refractivity contribution >= 4 is 5.91 Å². The molecule has 0 fully saturated rings. The first kappa shape index (κ1) is 13.0. The second-order valence-corrected chi connectivity index (χ2v) is 3.76. The summed E-state index contributed by atoms with van der Waals surface area (Å²) in [6.45, 7) is 1.68. The number of amides is 1. The molecular weight excluding hydrogens is 223 g/mol. The summed E-state index contributed by atoms with van der Waals surface area (Å²) in [5.41, 5.74) is -0.361. The SMILES string of the molecule is CC(CC#N)N(C)C(=O)c1c(O)cccc1F. The Bertz CT molecular complexity index is 448. The molecule has 5 heteroatoms. The Kier molecular flexibility index (Phi) is 4.05. The Morgan fingerprint density at radius 1 is 1.65 bits per heavy atom. The van der Waals surface area contributed by atoms with Gasteiger partial charge in [0.05, 0.1) is 12.5 Å². The molecule has 1 aromatic carbocycles. The van der Waals surface area contributed by atoms with Crippen molar-refractivity contribution in [3.05, 3.63) is 29.6 Å². The van der Waals surface area contributed by atoms with Gasteiger partial charge in [-0.25, -0.2) is 4.39 Å². The molecule has 17 heavy (non-hydrogen) atoms. The first-order valence-electron chi connectivity index (χ1n) is 5.10. The van der Waals surface area contributed by atoms with Crippen molar-refractivity contribution in [1.29, 1.82) is 5.26 Å². The highest BCUT2D eigenvalue weighted by Crippen LogP contribution is 2.22. The molecule has 1 aromatic rings. The largest absolute Gasteiger partial charge is 0.507 e. The van der Waals surface area contributed by atoms with Crippen molar-refractivity contribution in [2.45, 2.75) is 19.4 Å². The zero-order valence-corrected chi connectivity index (χ0v) is 9.64. The summed E-state index contributed by atoms with van der Waals surface area (Å²) in [6, 6.07) is 5.27. The van der Waals surface area contributed by atoms with E-state index in [2.05, 4.69) is 0 Å². The number of carbonyl (C=O) groups excluding carboxylic acids is 1. The van der Waals surface area contributed by atoms with Crippen LogP contribution >= 0.6 is 0 Å². The Balaban J connectivity index is 3.01. The first-order valence-corrected chi connectivity index (χ1v) is 5.10. The summed E-state index contributed by atoms with van der Waals surface area (Å²) in [5.74, 6) is -1.81. The predicted molar refractivity (Wildman–Crippen MR) is 59.9 cm³/mol. The van der Waals surface area contributed by atoms with Gasteiger partial charge in [0.15, 0.2) is 0 Å². The number of nitrogens with zero attached hydrogens (tertiary/aromatic N) is 2. The van der Waals surface area contributed by atoms with Gasteiger partial charge in [-0.3, -0.25) is 4.79 Å². The topological polar surface area (TPSA) is 64.3 Å². The van der Waals surface area contributed by atoms with Crippen molar-refractivity contribution < 1.29 is 14.3 Å². The number of halogens is 1. The van der Waals surface area contributed by atoms with E-state index < -0.39 is 17.5 Å². The molecule has 90 valence electrons. The van der Waals surface area contributed by atoms with Crippen LogP contribution in [0.5, 0.6) is 5.75 Å². The van der Waals surface area contributed by atoms with Crippen LogP contribution in [0.1, 0.15) is 23.7 Å². The molecule has 0 radical (unpaired) electrons. The minimum Gasteiger partial charge on any atom is -0.507 e. The maximum atomic E-state index is 13.4. The normalized spacial score (nSPS) is 11.6. The number of phenols is 1. The number of nitriles is 1. The van der Waals surface area contributed by atoms with Crippen LogP contribution in [-0.4, -0.2) is 29.0 Å². The lowest BCUT2D eigenvalue weighted by Crippen LogP contribution is -2.35. The minimum absolute atomic E-state index is 0.150. The fourth-order valence-corrected chi connectivity index (χ4v) is 1.37. The van der Waals surface area contributed by atoms with E-state index in [1.807, 2.05) is 6.07 Å². The fraction of sp³-hybridized carbons (Fsp3) is 0.333.